The molecule has 1 N–H and O–H groups in total. The summed E-state index contributed by atoms with van der Waals surface area (Å²) in [6.07, 6.45) is 0.860. The van der Waals surface area contributed by atoms with Crippen molar-refractivity contribution >= 4 is 5.91 Å². The van der Waals surface area contributed by atoms with Gasteiger partial charge in [-0.2, -0.15) is 5.10 Å². The van der Waals surface area contributed by atoms with Gasteiger partial charge in [-0.15, -0.1) is 0 Å². The first-order valence-electron chi connectivity index (χ1n) is 7.56. The third kappa shape index (κ3) is 2.84. The van der Waals surface area contributed by atoms with Crippen LogP contribution in [0.4, 0.5) is 0 Å². The van der Waals surface area contributed by atoms with Crippen molar-refractivity contribution < 1.29 is 9.53 Å². The summed E-state index contributed by atoms with van der Waals surface area (Å²) in [6, 6.07) is 8.00. The number of fused-ring (bicyclic) bond motifs is 1. The van der Waals surface area contributed by atoms with Crippen LogP contribution in [0.2, 0.25) is 0 Å². The number of nitrogens with one attached hydrogen (secondary N) is 1. The van der Waals surface area contributed by atoms with Gasteiger partial charge < -0.3 is 10.1 Å². The molecule has 0 unspecified atom stereocenters. The van der Waals surface area contributed by atoms with Crippen LogP contribution >= 0.6 is 0 Å². The molecule has 5 heteroatoms. The summed E-state index contributed by atoms with van der Waals surface area (Å²) in [5.74, 6) is 0.890. The topological polar surface area (TPSA) is 56.2 Å². The summed E-state index contributed by atoms with van der Waals surface area (Å²) in [6.45, 7) is 6.74. The minimum Gasteiger partial charge on any atom is -0.488 e. The lowest BCUT2D eigenvalue weighted by Crippen LogP contribution is -2.36. The Morgan fingerprint density at radius 1 is 1.36 bits per heavy atom. The van der Waals surface area contributed by atoms with Gasteiger partial charge in [-0.05, 0) is 38.0 Å². The van der Waals surface area contributed by atoms with Crippen molar-refractivity contribution in [1.82, 2.24) is 15.1 Å². The Morgan fingerprint density at radius 2 is 2.14 bits per heavy atom. The normalized spacial score (nSPS) is 16.2. The molecule has 1 amide bonds. The third-order valence-electron chi connectivity index (χ3n) is 4.28. The Bertz CT molecular complexity index is 681. The van der Waals surface area contributed by atoms with Gasteiger partial charge in [-0.3, -0.25) is 9.48 Å². The Labute approximate surface area is 130 Å². The Balaban J connectivity index is 1.52. The van der Waals surface area contributed by atoms with Crippen molar-refractivity contribution in [2.45, 2.75) is 39.8 Å². The number of aromatic nitrogens is 2. The van der Waals surface area contributed by atoms with E-state index in [2.05, 4.69) is 16.5 Å². The standard InChI is InChI=1S/C17H21N3O2/c1-11-12(2)19-20(13(11)3)10-17(21)18-9-15-8-14-6-4-5-7-16(14)22-15/h4-7,15H,8-10H2,1-3H3,(H,18,21)/t15-/m1/s1. The van der Waals surface area contributed by atoms with Crippen molar-refractivity contribution in [3.8, 4) is 5.75 Å². The van der Waals surface area contributed by atoms with Crippen LogP contribution in [-0.2, 0) is 17.8 Å². The van der Waals surface area contributed by atoms with Gasteiger partial charge in [-0.1, -0.05) is 18.2 Å². The van der Waals surface area contributed by atoms with Gasteiger partial charge in [-0.25, -0.2) is 0 Å². The van der Waals surface area contributed by atoms with E-state index in [1.165, 1.54) is 5.56 Å². The predicted octanol–water partition coefficient (Wildman–Crippen LogP) is 1.93. The zero-order valence-electron chi connectivity index (χ0n) is 13.2. The fraction of sp³-hybridized carbons (Fsp3) is 0.412. The number of hydrogen-bond donors (Lipinski definition) is 1. The van der Waals surface area contributed by atoms with Crippen molar-refractivity contribution in [2.24, 2.45) is 0 Å². The first kappa shape index (κ1) is 14.6. The maximum atomic E-state index is 12.1. The second-order valence-corrected chi connectivity index (χ2v) is 5.81. The lowest BCUT2D eigenvalue weighted by Gasteiger charge is -2.12. The number of ether oxygens (including phenoxy) is 1. The van der Waals surface area contributed by atoms with E-state index in [0.717, 1.165) is 29.1 Å². The van der Waals surface area contributed by atoms with Crippen LogP contribution in [0.15, 0.2) is 24.3 Å². The van der Waals surface area contributed by atoms with Crippen LogP contribution in [-0.4, -0.2) is 28.3 Å². The van der Waals surface area contributed by atoms with Crippen LogP contribution in [0.1, 0.15) is 22.5 Å². The molecule has 5 nitrogen and oxygen atoms in total. The molecule has 116 valence electrons. The molecule has 3 rings (SSSR count). The number of carbonyl (C=O) groups is 1. The summed E-state index contributed by atoms with van der Waals surface area (Å²) in [4.78, 5) is 12.1. The van der Waals surface area contributed by atoms with Gasteiger partial charge in [0.2, 0.25) is 5.91 Å². The first-order valence-corrected chi connectivity index (χ1v) is 7.56. The average Bonchev–Trinajstić information content (AvgIpc) is 3.02. The van der Waals surface area contributed by atoms with Crippen LogP contribution < -0.4 is 10.1 Å². The quantitative estimate of drug-likeness (QED) is 0.938. The number of carbonyl (C=O) groups excluding carboxylic acids is 1. The molecule has 0 aliphatic carbocycles. The molecule has 1 aromatic heterocycles. The van der Waals surface area contributed by atoms with Gasteiger partial charge in [0.1, 0.15) is 18.4 Å². The summed E-state index contributed by atoms with van der Waals surface area (Å²) in [5, 5.41) is 7.33. The smallest absolute Gasteiger partial charge is 0.241 e. The van der Waals surface area contributed by atoms with E-state index in [0.29, 0.717) is 6.54 Å². The maximum absolute atomic E-state index is 12.1. The molecule has 0 radical (unpaired) electrons. The summed E-state index contributed by atoms with van der Waals surface area (Å²) < 4.78 is 7.57. The minimum atomic E-state index is -0.0369. The highest BCUT2D eigenvalue weighted by Gasteiger charge is 2.22. The molecule has 0 spiro atoms. The van der Waals surface area contributed by atoms with Gasteiger partial charge in [0, 0.05) is 12.1 Å². The molecule has 22 heavy (non-hydrogen) atoms. The second-order valence-electron chi connectivity index (χ2n) is 5.81. The molecule has 2 aromatic rings. The Kier molecular flexibility index (Phi) is 3.88. The fourth-order valence-electron chi connectivity index (χ4n) is 2.73. The monoisotopic (exact) mass is 299 g/mol. The highest BCUT2D eigenvalue weighted by Crippen LogP contribution is 2.27. The van der Waals surface area contributed by atoms with E-state index in [4.69, 9.17) is 4.74 Å². The molecule has 1 aromatic carbocycles. The van der Waals surface area contributed by atoms with Gasteiger partial charge in [0.15, 0.2) is 0 Å². The van der Waals surface area contributed by atoms with Gasteiger partial charge >= 0.3 is 0 Å². The molecule has 1 atom stereocenters. The van der Waals surface area contributed by atoms with E-state index in [9.17, 15) is 4.79 Å². The highest BCUT2D eigenvalue weighted by atomic mass is 16.5. The summed E-state index contributed by atoms with van der Waals surface area (Å²) >= 11 is 0. The molecule has 0 saturated heterocycles. The Hall–Kier alpha value is -2.30. The molecular formula is C17H21N3O2. The van der Waals surface area contributed by atoms with E-state index in [-0.39, 0.29) is 18.6 Å². The maximum Gasteiger partial charge on any atom is 0.241 e. The molecule has 0 saturated carbocycles. The molecule has 1 aliphatic rings. The molecule has 2 heterocycles. The minimum absolute atomic E-state index is 0.0172. The molecule has 0 fully saturated rings. The van der Waals surface area contributed by atoms with Crippen LogP contribution in [0.5, 0.6) is 5.75 Å². The predicted molar refractivity (Wildman–Crippen MR) is 84.0 cm³/mol. The molecule has 1 aliphatic heterocycles. The summed E-state index contributed by atoms with van der Waals surface area (Å²) in [5.41, 5.74) is 4.36. The van der Waals surface area contributed by atoms with Crippen molar-refractivity contribution in [3.63, 3.8) is 0 Å². The number of nitrogens with zero attached hydrogens (tertiary/aromatic N) is 2. The number of amides is 1. The zero-order chi connectivity index (χ0) is 15.7. The van der Waals surface area contributed by atoms with Gasteiger partial charge in [0.25, 0.3) is 0 Å². The number of benzene rings is 1. The average molecular weight is 299 g/mol. The lowest BCUT2D eigenvalue weighted by molar-refractivity contribution is -0.122. The lowest BCUT2D eigenvalue weighted by atomic mass is 10.1. The third-order valence-corrected chi connectivity index (χ3v) is 4.28. The second kappa shape index (κ2) is 5.83. The largest absolute Gasteiger partial charge is 0.488 e. The summed E-state index contributed by atoms with van der Waals surface area (Å²) in [7, 11) is 0. The van der Waals surface area contributed by atoms with E-state index >= 15 is 0 Å². The Morgan fingerprint density at radius 3 is 2.82 bits per heavy atom. The number of rotatable bonds is 4. The SMILES string of the molecule is Cc1nn(CC(=O)NC[C@H]2Cc3ccccc3O2)c(C)c1C. The van der Waals surface area contributed by atoms with E-state index in [1.807, 2.05) is 39.0 Å². The highest BCUT2D eigenvalue weighted by molar-refractivity contribution is 5.75. The number of hydrogen-bond acceptors (Lipinski definition) is 3. The van der Waals surface area contributed by atoms with Gasteiger partial charge in [0.05, 0.1) is 12.2 Å². The van der Waals surface area contributed by atoms with E-state index in [1.54, 1.807) is 4.68 Å². The van der Waals surface area contributed by atoms with Crippen LogP contribution in [0.25, 0.3) is 0 Å². The number of aryl methyl sites for hydroxylation is 1. The first-order chi connectivity index (χ1) is 10.5. The van der Waals surface area contributed by atoms with E-state index < -0.39 is 0 Å². The van der Waals surface area contributed by atoms with Crippen LogP contribution in [0.3, 0.4) is 0 Å². The van der Waals surface area contributed by atoms with Crippen molar-refractivity contribution in [3.05, 3.63) is 46.8 Å². The molecule has 0 bridgehead atoms. The number of para-hydroxylation sites is 1. The van der Waals surface area contributed by atoms with Crippen LogP contribution in [0, 0.1) is 20.8 Å². The molecular weight excluding hydrogens is 278 g/mol. The zero-order valence-corrected chi connectivity index (χ0v) is 13.2. The van der Waals surface area contributed by atoms with Crippen molar-refractivity contribution in [1.29, 1.82) is 0 Å². The van der Waals surface area contributed by atoms with Crippen molar-refractivity contribution in [2.75, 3.05) is 6.54 Å². The fourth-order valence-corrected chi connectivity index (χ4v) is 2.73.